The van der Waals surface area contributed by atoms with Gasteiger partial charge in [-0.15, -0.1) is 0 Å². The Bertz CT molecular complexity index is 467. The van der Waals surface area contributed by atoms with Crippen LogP contribution < -0.4 is 16.0 Å². The van der Waals surface area contributed by atoms with Crippen molar-refractivity contribution < 1.29 is 14.3 Å². The molecule has 1 aromatic rings. The zero-order valence-corrected chi connectivity index (χ0v) is 11.4. The smallest absolute Gasteiger partial charge is 0.319 e. The molecule has 0 aromatic heterocycles. The van der Waals surface area contributed by atoms with E-state index in [1.54, 1.807) is 31.3 Å². The maximum atomic E-state index is 11.7. The molecular formula is C14H19N3O3. The molecular weight excluding hydrogens is 258 g/mol. The Labute approximate surface area is 117 Å². The summed E-state index contributed by atoms with van der Waals surface area (Å²) in [5, 5.41) is 8.02. The van der Waals surface area contributed by atoms with E-state index in [4.69, 9.17) is 4.74 Å². The van der Waals surface area contributed by atoms with Crippen molar-refractivity contribution in [2.24, 2.45) is 0 Å². The molecule has 6 heteroatoms. The number of rotatable bonds is 4. The Morgan fingerprint density at radius 3 is 2.65 bits per heavy atom. The summed E-state index contributed by atoms with van der Waals surface area (Å²) in [5.41, 5.74) is 1.19. The maximum absolute atomic E-state index is 11.7. The molecule has 1 unspecified atom stereocenters. The van der Waals surface area contributed by atoms with Crippen molar-refractivity contribution in [3.8, 4) is 0 Å². The summed E-state index contributed by atoms with van der Waals surface area (Å²) >= 11 is 0. The summed E-state index contributed by atoms with van der Waals surface area (Å²) in [7, 11) is 1.58. The molecule has 6 nitrogen and oxygen atoms in total. The van der Waals surface area contributed by atoms with Crippen molar-refractivity contribution in [1.29, 1.82) is 0 Å². The van der Waals surface area contributed by atoms with E-state index < -0.39 is 0 Å². The van der Waals surface area contributed by atoms with Crippen LogP contribution in [0.15, 0.2) is 24.3 Å². The number of carbonyl (C=O) groups excluding carboxylic acids is 2. The van der Waals surface area contributed by atoms with Crippen LogP contribution in [0, 0.1) is 0 Å². The molecule has 1 heterocycles. The van der Waals surface area contributed by atoms with Gasteiger partial charge in [0.05, 0.1) is 6.10 Å². The van der Waals surface area contributed by atoms with E-state index in [9.17, 15) is 9.59 Å². The molecule has 3 N–H and O–H groups in total. The fourth-order valence-corrected chi connectivity index (χ4v) is 2.04. The number of urea groups is 1. The van der Waals surface area contributed by atoms with Gasteiger partial charge in [0, 0.05) is 31.5 Å². The Morgan fingerprint density at radius 2 is 2.05 bits per heavy atom. The molecule has 1 aliphatic heterocycles. The molecule has 0 aliphatic carbocycles. The second-order valence-corrected chi connectivity index (χ2v) is 4.63. The summed E-state index contributed by atoms with van der Waals surface area (Å²) in [6.07, 6.45) is 2.16. The third kappa shape index (κ3) is 3.96. The fraction of sp³-hybridized carbons (Fsp3) is 0.429. The summed E-state index contributed by atoms with van der Waals surface area (Å²) in [6, 6.07) is 6.43. The van der Waals surface area contributed by atoms with E-state index in [0.29, 0.717) is 17.8 Å². The number of anilines is 1. The van der Waals surface area contributed by atoms with Gasteiger partial charge in [-0.3, -0.25) is 4.79 Å². The molecule has 20 heavy (non-hydrogen) atoms. The van der Waals surface area contributed by atoms with E-state index >= 15 is 0 Å². The molecule has 3 amide bonds. The topological polar surface area (TPSA) is 79.5 Å². The van der Waals surface area contributed by atoms with Crippen molar-refractivity contribution in [2.75, 3.05) is 25.5 Å². The Hall–Kier alpha value is -2.08. The Balaban J connectivity index is 1.80. The van der Waals surface area contributed by atoms with Gasteiger partial charge in [0.25, 0.3) is 5.91 Å². The van der Waals surface area contributed by atoms with Crippen LogP contribution in [0.25, 0.3) is 0 Å². The highest BCUT2D eigenvalue weighted by Crippen LogP contribution is 2.11. The highest BCUT2D eigenvalue weighted by atomic mass is 16.5. The minimum Gasteiger partial charge on any atom is -0.376 e. The maximum Gasteiger partial charge on any atom is 0.319 e. The standard InChI is InChI=1S/C14H19N3O3/c1-15-13(18)10-4-6-11(7-5-10)17-14(19)16-9-12-3-2-8-20-12/h4-7,12H,2-3,8-9H2,1H3,(H,15,18)(H2,16,17,19). The monoisotopic (exact) mass is 277 g/mol. The summed E-state index contributed by atoms with van der Waals surface area (Å²) in [4.78, 5) is 23.1. The third-order valence-electron chi connectivity index (χ3n) is 3.15. The van der Waals surface area contributed by atoms with E-state index in [1.807, 2.05) is 0 Å². The number of amides is 3. The normalized spacial score (nSPS) is 17.6. The molecule has 108 valence electrons. The van der Waals surface area contributed by atoms with Crippen LogP contribution >= 0.6 is 0 Å². The second kappa shape index (κ2) is 6.91. The molecule has 0 bridgehead atoms. The number of ether oxygens (including phenoxy) is 1. The van der Waals surface area contributed by atoms with Crippen LogP contribution in [0.1, 0.15) is 23.2 Å². The molecule has 0 radical (unpaired) electrons. The van der Waals surface area contributed by atoms with Gasteiger partial charge in [-0.25, -0.2) is 4.79 Å². The number of hydrogen-bond donors (Lipinski definition) is 3. The zero-order chi connectivity index (χ0) is 14.4. The van der Waals surface area contributed by atoms with Crippen LogP contribution in [0.2, 0.25) is 0 Å². The van der Waals surface area contributed by atoms with Gasteiger partial charge >= 0.3 is 6.03 Å². The van der Waals surface area contributed by atoms with Crippen molar-refractivity contribution >= 4 is 17.6 Å². The van der Waals surface area contributed by atoms with Crippen molar-refractivity contribution in [2.45, 2.75) is 18.9 Å². The number of hydrogen-bond acceptors (Lipinski definition) is 3. The molecule has 0 spiro atoms. The number of carbonyl (C=O) groups is 2. The highest BCUT2D eigenvalue weighted by Gasteiger charge is 2.16. The van der Waals surface area contributed by atoms with Crippen LogP contribution in [0.4, 0.5) is 10.5 Å². The van der Waals surface area contributed by atoms with Gasteiger partial charge in [-0.2, -0.15) is 0 Å². The first-order valence-electron chi connectivity index (χ1n) is 6.67. The number of benzene rings is 1. The molecule has 1 atom stereocenters. The first-order chi connectivity index (χ1) is 9.69. The van der Waals surface area contributed by atoms with Gasteiger partial charge in [0.1, 0.15) is 0 Å². The predicted molar refractivity (Wildman–Crippen MR) is 75.8 cm³/mol. The van der Waals surface area contributed by atoms with Crippen molar-refractivity contribution in [3.63, 3.8) is 0 Å². The van der Waals surface area contributed by atoms with Crippen molar-refractivity contribution in [1.82, 2.24) is 10.6 Å². The van der Waals surface area contributed by atoms with Crippen LogP contribution in [-0.2, 0) is 4.74 Å². The van der Waals surface area contributed by atoms with E-state index in [-0.39, 0.29) is 18.0 Å². The lowest BCUT2D eigenvalue weighted by atomic mass is 10.2. The summed E-state index contributed by atoms with van der Waals surface area (Å²) in [6.45, 7) is 1.29. The quantitative estimate of drug-likeness (QED) is 0.777. The van der Waals surface area contributed by atoms with Gasteiger partial charge in [-0.1, -0.05) is 0 Å². The first-order valence-corrected chi connectivity index (χ1v) is 6.67. The fourth-order valence-electron chi connectivity index (χ4n) is 2.04. The van der Waals surface area contributed by atoms with Gasteiger partial charge in [0.2, 0.25) is 0 Å². The molecule has 1 saturated heterocycles. The molecule has 1 aromatic carbocycles. The summed E-state index contributed by atoms with van der Waals surface area (Å²) < 4.78 is 5.42. The molecule has 0 saturated carbocycles. The minimum atomic E-state index is -0.270. The average molecular weight is 277 g/mol. The van der Waals surface area contributed by atoms with E-state index in [2.05, 4.69) is 16.0 Å². The largest absolute Gasteiger partial charge is 0.376 e. The lowest BCUT2D eigenvalue weighted by molar-refractivity contribution is 0.0963. The highest BCUT2D eigenvalue weighted by molar-refractivity contribution is 5.95. The zero-order valence-electron chi connectivity index (χ0n) is 11.4. The first kappa shape index (κ1) is 14.3. The SMILES string of the molecule is CNC(=O)c1ccc(NC(=O)NCC2CCCO2)cc1. The second-order valence-electron chi connectivity index (χ2n) is 4.63. The van der Waals surface area contributed by atoms with Crippen LogP contribution in [0.3, 0.4) is 0 Å². The predicted octanol–water partition coefficient (Wildman–Crippen LogP) is 1.35. The average Bonchev–Trinajstić information content (AvgIpc) is 2.98. The minimum absolute atomic E-state index is 0.122. The summed E-state index contributed by atoms with van der Waals surface area (Å²) in [5.74, 6) is -0.153. The Kier molecular flexibility index (Phi) is 4.95. The van der Waals surface area contributed by atoms with E-state index in [0.717, 1.165) is 19.4 Å². The lowest BCUT2D eigenvalue weighted by Gasteiger charge is -2.12. The molecule has 1 fully saturated rings. The van der Waals surface area contributed by atoms with Crippen LogP contribution in [-0.4, -0.2) is 38.2 Å². The van der Waals surface area contributed by atoms with Gasteiger partial charge in [-0.05, 0) is 37.1 Å². The van der Waals surface area contributed by atoms with Crippen LogP contribution in [0.5, 0.6) is 0 Å². The molecule has 2 rings (SSSR count). The Morgan fingerprint density at radius 1 is 1.30 bits per heavy atom. The van der Waals surface area contributed by atoms with Crippen molar-refractivity contribution in [3.05, 3.63) is 29.8 Å². The number of nitrogens with one attached hydrogen (secondary N) is 3. The van der Waals surface area contributed by atoms with E-state index in [1.165, 1.54) is 0 Å². The third-order valence-corrected chi connectivity index (χ3v) is 3.15. The lowest BCUT2D eigenvalue weighted by Crippen LogP contribution is -2.35. The molecule has 1 aliphatic rings. The van der Waals surface area contributed by atoms with Gasteiger partial charge < -0.3 is 20.7 Å². The van der Waals surface area contributed by atoms with Gasteiger partial charge in [0.15, 0.2) is 0 Å².